The van der Waals surface area contributed by atoms with Gasteiger partial charge in [0.2, 0.25) is 0 Å². The van der Waals surface area contributed by atoms with Crippen LogP contribution >= 0.6 is 0 Å². The molecule has 0 spiro atoms. The Kier molecular flexibility index (Phi) is 4.43. The first-order valence-corrected chi connectivity index (χ1v) is 6.19. The van der Waals surface area contributed by atoms with Crippen molar-refractivity contribution in [1.82, 2.24) is 9.80 Å². The summed E-state index contributed by atoms with van der Waals surface area (Å²) in [7, 11) is 0. The molecule has 0 saturated carbocycles. The van der Waals surface area contributed by atoms with E-state index in [-0.39, 0.29) is 6.09 Å². The Morgan fingerprint density at radius 2 is 1.59 bits per heavy atom. The number of hydrogen-bond donors (Lipinski definition) is 0. The first kappa shape index (κ1) is 13.9. The fourth-order valence-electron chi connectivity index (χ4n) is 1.75. The molecule has 0 aromatic carbocycles. The molecular formula is C13H24N2O2. The zero-order valence-electron chi connectivity index (χ0n) is 11.6. The average Bonchev–Trinajstić information content (AvgIpc) is 2.26. The third kappa shape index (κ3) is 4.29. The molecule has 1 heterocycles. The van der Waals surface area contributed by atoms with Crippen molar-refractivity contribution < 1.29 is 9.53 Å². The minimum atomic E-state index is -0.409. The molecule has 4 heteroatoms. The quantitative estimate of drug-likeness (QED) is 0.706. The molecule has 17 heavy (non-hydrogen) atoms. The van der Waals surface area contributed by atoms with Gasteiger partial charge in [0.05, 0.1) is 0 Å². The number of amides is 1. The van der Waals surface area contributed by atoms with Crippen LogP contribution in [-0.2, 0) is 4.74 Å². The van der Waals surface area contributed by atoms with Crippen LogP contribution in [0.5, 0.6) is 0 Å². The van der Waals surface area contributed by atoms with E-state index in [1.54, 1.807) is 4.90 Å². The third-order valence-electron chi connectivity index (χ3n) is 2.85. The molecule has 1 amide bonds. The van der Waals surface area contributed by atoms with Gasteiger partial charge in [-0.2, -0.15) is 0 Å². The zero-order chi connectivity index (χ0) is 13.1. The molecule has 1 aliphatic rings. The molecule has 98 valence electrons. The highest BCUT2D eigenvalue weighted by atomic mass is 16.6. The molecule has 0 unspecified atom stereocenters. The fourth-order valence-corrected chi connectivity index (χ4v) is 1.75. The van der Waals surface area contributed by atoms with Crippen molar-refractivity contribution in [2.24, 2.45) is 0 Å². The van der Waals surface area contributed by atoms with E-state index in [2.05, 4.69) is 17.9 Å². The molecule has 1 rings (SSSR count). The van der Waals surface area contributed by atoms with Crippen LogP contribution in [0.4, 0.5) is 4.79 Å². The van der Waals surface area contributed by atoms with Crippen LogP contribution in [0.1, 0.15) is 34.6 Å². The highest BCUT2D eigenvalue weighted by molar-refractivity contribution is 5.68. The molecule has 1 fully saturated rings. The second-order valence-corrected chi connectivity index (χ2v) is 5.38. The molecule has 1 aliphatic heterocycles. The number of piperazine rings is 1. The molecule has 0 radical (unpaired) electrons. The Morgan fingerprint density at radius 3 is 2.00 bits per heavy atom. The van der Waals surface area contributed by atoms with Gasteiger partial charge in [-0.25, -0.2) is 4.79 Å². The molecule has 1 saturated heterocycles. The molecule has 0 atom stereocenters. The molecule has 0 aliphatic carbocycles. The van der Waals surface area contributed by atoms with Crippen LogP contribution in [0.3, 0.4) is 0 Å². The maximum atomic E-state index is 11.8. The maximum absolute atomic E-state index is 11.8. The predicted molar refractivity (Wildman–Crippen MR) is 68.8 cm³/mol. The molecule has 0 aromatic rings. The lowest BCUT2D eigenvalue weighted by Gasteiger charge is -2.37. The summed E-state index contributed by atoms with van der Waals surface area (Å²) in [5, 5.41) is 0. The van der Waals surface area contributed by atoms with Gasteiger partial charge in [0.1, 0.15) is 5.60 Å². The first-order valence-electron chi connectivity index (χ1n) is 6.19. The van der Waals surface area contributed by atoms with Crippen LogP contribution in [0.2, 0.25) is 0 Å². The summed E-state index contributed by atoms with van der Waals surface area (Å²) in [6.45, 7) is 13.1. The predicted octanol–water partition coefficient (Wildman–Crippen LogP) is 2.46. The maximum Gasteiger partial charge on any atom is 0.410 e. The van der Waals surface area contributed by atoms with Crippen molar-refractivity contribution in [3.05, 3.63) is 11.8 Å². The number of nitrogens with zero attached hydrogens (tertiary/aromatic N) is 2. The Labute approximate surface area is 104 Å². The number of rotatable bonds is 1. The van der Waals surface area contributed by atoms with Crippen molar-refractivity contribution in [1.29, 1.82) is 0 Å². The Hall–Kier alpha value is -1.19. The summed E-state index contributed by atoms with van der Waals surface area (Å²) in [6.07, 6.45) is 1.90. The largest absolute Gasteiger partial charge is 0.444 e. The number of allylic oxidation sites excluding steroid dienone is 2. The van der Waals surface area contributed by atoms with Crippen LogP contribution in [-0.4, -0.2) is 47.7 Å². The van der Waals surface area contributed by atoms with E-state index >= 15 is 0 Å². The van der Waals surface area contributed by atoms with Crippen LogP contribution in [0.25, 0.3) is 0 Å². The fraction of sp³-hybridized carbons (Fsp3) is 0.769. The van der Waals surface area contributed by atoms with E-state index in [1.807, 2.05) is 27.7 Å². The van der Waals surface area contributed by atoms with Crippen molar-refractivity contribution in [3.8, 4) is 0 Å². The minimum absolute atomic E-state index is 0.199. The van der Waals surface area contributed by atoms with Crippen LogP contribution in [0, 0.1) is 0 Å². The highest BCUT2D eigenvalue weighted by Crippen LogP contribution is 2.13. The van der Waals surface area contributed by atoms with Gasteiger partial charge in [0, 0.05) is 31.9 Å². The zero-order valence-corrected chi connectivity index (χ0v) is 11.6. The van der Waals surface area contributed by atoms with Gasteiger partial charge < -0.3 is 14.5 Å². The summed E-state index contributed by atoms with van der Waals surface area (Å²) in [5.41, 5.74) is 0.863. The second kappa shape index (κ2) is 5.43. The lowest BCUT2D eigenvalue weighted by molar-refractivity contribution is 0.0169. The van der Waals surface area contributed by atoms with Crippen molar-refractivity contribution >= 4 is 6.09 Å². The molecule has 4 nitrogen and oxygen atoms in total. The van der Waals surface area contributed by atoms with Crippen LogP contribution in [0.15, 0.2) is 11.8 Å². The summed E-state index contributed by atoms with van der Waals surface area (Å²) >= 11 is 0. The van der Waals surface area contributed by atoms with Gasteiger partial charge in [-0.3, -0.25) is 0 Å². The Bertz CT molecular complexity index is 297. The molecule has 0 N–H and O–H groups in total. The van der Waals surface area contributed by atoms with E-state index in [0.717, 1.165) is 26.2 Å². The lowest BCUT2D eigenvalue weighted by atomic mass is 10.2. The molecule has 0 aromatic heterocycles. The summed E-state index contributed by atoms with van der Waals surface area (Å²) in [4.78, 5) is 15.9. The Morgan fingerprint density at radius 1 is 1.12 bits per heavy atom. The van der Waals surface area contributed by atoms with Gasteiger partial charge in [-0.1, -0.05) is 6.08 Å². The second-order valence-electron chi connectivity index (χ2n) is 5.38. The van der Waals surface area contributed by atoms with E-state index in [1.165, 1.54) is 5.70 Å². The van der Waals surface area contributed by atoms with Gasteiger partial charge in [0.15, 0.2) is 0 Å². The first-order chi connectivity index (χ1) is 7.83. The SMILES string of the molecule is C/C=C(\C)N1CCN(C(=O)OC(C)(C)C)CC1. The average molecular weight is 240 g/mol. The number of hydrogen-bond acceptors (Lipinski definition) is 3. The van der Waals surface area contributed by atoms with Crippen LogP contribution < -0.4 is 0 Å². The summed E-state index contributed by atoms with van der Waals surface area (Å²) < 4.78 is 5.35. The summed E-state index contributed by atoms with van der Waals surface area (Å²) in [5.74, 6) is 0. The molecule has 0 bridgehead atoms. The van der Waals surface area contributed by atoms with Crippen molar-refractivity contribution in [3.63, 3.8) is 0 Å². The monoisotopic (exact) mass is 240 g/mol. The normalized spacial score (nSPS) is 18.3. The van der Waals surface area contributed by atoms with Gasteiger partial charge in [0.25, 0.3) is 0 Å². The standard InChI is InChI=1S/C13H24N2O2/c1-6-11(2)14-7-9-15(10-8-14)12(16)17-13(3,4)5/h6H,7-10H2,1-5H3/b11-6+. The lowest BCUT2D eigenvalue weighted by Crippen LogP contribution is -2.49. The number of carbonyl (C=O) groups excluding carboxylic acids is 1. The van der Waals surface area contributed by atoms with E-state index in [9.17, 15) is 4.79 Å². The minimum Gasteiger partial charge on any atom is -0.444 e. The Balaban J connectivity index is 2.44. The van der Waals surface area contributed by atoms with Gasteiger partial charge in [-0.05, 0) is 34.6 Å². The van der Waals surface area contributed by atoms with Gasteiger partial charge >= 0.3 is 6.09 Å². The molecular weight excluding hydrogens is 216 g/mol. The number of ether oxygens (including phenoxy) is 1. The summed E-state index contributed by atoms with van der Waals surface area (Å²) in [6, 6.07) is 0. The van der Waals surface area contributed by atoms with Crippen molar-refractivity contribution in [2.75, 3.05) is 26.2 Å². The van der Waals surface area contributed by atoms with E-state index in [4.69, 9.17) is 4.74 Å². The van der Waals surface area contributed by atoms with E-state index < -0.39 is 5.60 Å². The van der Waals surface area contributed by atoms with Crippen molar-refractivity contribution in [2.45, 2.75) is 40.2 Å². The topological polar surface area (TPSA) is 32.8 Å². The van der Waals surface area contributed by atoms with E-state index in [0.29, 0.717) is 0 Å². The van der Waals surface area contributed by atoms with Gasteiger partial charge in [-0.15, -0.1) is 0 Å². The smallest absolute Gasteiger partial charge is 0.410 e. The third-order valence-corrected chi connectivity index (χ3v) is 2.85. The number of carbonyl (C=O) groups is 1. The highest BCUT2D eigenvalue weighted by Gasteiger charge is 2.25.